The first-order valence-electron chi connectivity index (χ1n) is 5.27. The van der Waals surface area contributed by atoms with Gasteiger partial charge in [0.15, 0.2) is 11.5 Å². The van der Waals surface area contributed by atoms with E-state index in [1.54, 1.807) is 6.33 Å². The molecule has 3 aromatic rings. The van der Waals surface area contributed by atoms with Crippen molar-refractivity contribution in [2.75, 3.05) is 5.73 Å². The molecule has 2 N–H and O–H groups in total. The Morgan fingerprint density at radius 2 is 1.94 bits per heavy atom. The number of rotatable bonds is 1. The van der Waals surface area contributed by atoms with E-state index in [9.17, 15) is 0 Å². The first kappa shape index (κ1) is 9.77. The minimum Gasteiger partial charge on any atom is -0.382 e. The largest absolute Gasteiger partial charge is 0.382 e. The highest BCUT2D eigenvalue weighted by Gasteiger charge is 2.10. The van der Waals surface area contributed by atoms with Gasteiger partial charge in [-0.15, -0.1) is 0 Å². The quantitative estimate of drug-likeness (QED) is 0.684. The monoisotopic (exact) mass is 225 g/mol. The number of benzene rings is 1. The molecule has 0 fully saturated rings. The lowest BCUT2D eigenvalue weighted by atomic mass is 10.2. The van der Waals surface area contributed by atoms with E-state index in [0.29, 0.717) is 11.5 Å². The van der Waals surface area contributed by atoms with Gasteiger partial charge in [-0.1, -0.05) is 18.2 Å². The molecule has 0 unspecified atom stereocenters. The van der Waals surface area contributed by atoms with Gasteiger partial charge in [-0.05, 0) is 18.6 Å². The van der Waals surface area contributed by atoms with Gasteiger partial charge in [-0.3, -0.25) is 4.57 Å². The van der Waals surface area contributed by atoms with Crippen LogP contribution < -0.4 is 5.73 Å². The second-order valence-corrected chi connectivity index (χ2v) is 3.83. The first-order valence-corrected chi connectivity index (χ1v) is 5.27. The lowest BCUT2D eigenvalue weighted by molar-refractivity contribution is 1.07. The highest BCUT2D eigenvalue weighted by atomic mass is 15.1. The standard InChI is InChI=1S/C12H11N5/c1-8-4-2-3-5-9(8)17-7-16-12-10(17)11(13)14-6-15-12/h2-7H,1H3,(H2,13,14,15). The molecule has 2 heterocycles. The zero-order valence-electron chi connectivity index (χ0n) is 9.33. The van der Waals surface area contributed by atoms with E-state index in [0.717, 1.165) is 16.8 Å². The van der Waals surface area contributed by atoms with Crippen molar-refractivity contribution in [1.82, 2.24) is 19.5 Å². The molecule has 0 radical (unpaired) electrons. The smallest absolute Gasteiger partial charge is 0.183 e. The maximum Gasteiger partial charge on any atom is 0.183 e. The summed E-state index contributed by atoms with van der Waals surface area (Å²) in [5.41, 5.74) is 9.43. The van der Waals surface area contributed by atoms with Gasteiger partial charge in [-0.25, -0.2) is 15.0 Å². The average Bonchev–Trinajstić information content (AvgIpc) is 2.75. The molecule has 17 heavy (non-hydrogen) atoms. The van der Waals surface area contributed by atoms with E-state index in [-0.39, 0.29) is 0 Å². The lowest BCUT2D eigenvalue weighted by Gasteiger charge is -2.07. The summed E-state index contributed by atoms with van der Waals surface area (Å²) in [4.78, 5) is 12.3. The summed E-state index contributed by atoms with van der Waals surface area (Å²) in [6.45, 7) is 2.04. The Balaban J connectivity index is 2.36. The number of hydrogen-bond donors (Lipinski definition) is 1. The van der Waals surface area contributed by atoms with E-state index >= 15 is 0 Å². The van der Waals surface area contributed by atoms with Gasteiger partial charge in [0.05, 0.1) is 5.69 Å². The van der Waals surface area contributed by atoms with Crippen molar-refractivity contribution >= 4 is 17.0 Å². The zero-order valence-corrected chi connectivity index (χ0v) is 9.33. The van der Waals surface area contributed by atoms with Crippen molar-refractivity contribution < 1.29 is 0 Å². The molecule has 2 aromatic heterocycles. The lowest BCUT2D eigenvalue weighted by Crippen LogP contribution is -2.00. The van der Waals surface area contributed by atoms with Crippen molar-refractivity contribution in [2.24, 2.45) is 0 Å². The van der Waals surface area contributed by atoms with Crippen LogP contribution in [0.25, 0.3) is 16.9 Å². The van der Waals surface area contributed by atoms with Crippen molar-refractivity contribution in [2.45, 2.75) is 6.92 Å². The predicted molar refractivity (Wildman–Crippen MR) is 65.8 cm³/mol. The summed E-state index contributed by atoms with van der Waals surface area (Å²) in [5, 5.41) is 0. The van der Waals surface area contributed by atoms with Gasteiger partial charge >= 0.3 is 0 Å². The van der Waals surface area contributed by atoms with Gasteiger partial charge in [0.1, 0.15) is 18.2 Å². The second kappa shape index (κ2) is 3.55. The SMILES string of the molecule is Cc1ccccc1-n1cnc2ncnc(N)c21. The van der Waals surface area contributed by atoms with Gasteiger partial charge in [0.2, 0.25) is 0 Å². The van der Waals surface area contributed by atoms with Crippen molar-refractivity contribution in [3.8, 4) is 5.69 Å². The number of para-hydroxylation sites is 1. The first-order chi connectivity index (χ1) is 8.27. The molecule has 0 bridgehead atoms. The Hall–Kier alpha value is -2.43. The molecule has 0 saturated carbocycles. The third kappa shape index (κ3) is 1.44. The van der Waals surface area contributed by atoms with E-state index < -0.39 is 0 Å². The van der Waals surface area contributed by atoms with E-state index in [4.69, 9.17) is 5.73 Å². The number of imidazole rings is 1. The Morgan fingerprint density at radius 3 is 2.76 bits per heavy atom. The van der Waals surface area contributed by atoms with Gasteiger partial charge < -0.3 is 5.73 Å². The highest BCUT2D eigenvalue weighted by Crippen LogP contribution is 2.22. The summed E-state index contributed by atoms with van der Waals surface area (Å²) in [7, 11) is 0. The molecular weight excluding hydrogens is 214 g/mol. The second-order valence-electron chi connectivity index (χ2n) is 3.83. The van der Waals surface area contributed by atoms with Crippen LogP contribution in [0.2, 0.25) is 0 Å². The molecular formula is C12H11N5. The number of anilines is 1. The third-order valence-corrected chi connectivity index (χ3v) is 2.74. The normalized spacial score (nSPS) is 10.9. The number of nitrogens with zero attached hydrogens (tertiary/aromatic N) is 4. The number of aromatic nitrogens is 4. The van der Waals surface area contributed by atoms with Crippen LogP contribution >= 0.6 is 0 Å². The molecule has 0 aliphatic rings. The Labute approximate surface area is 98.0 Å². The molecule has 84 valence electrons. The summed E-state index contributed by atoms with van der Waals surface area (Å²) < 4.78 is 1.92. The van der Waals surface area contributed by atoms with E-state index in [1.165, 1.54) is 6.33 Å². The molecule has 3 rings (SSSR count). The summed E-state index contributed by atoms with van der Waals surface area (Å²) >= 11 is 0. The third-order valence-electron chi connectivity index (χ3n) is 2.74. The number of fused-ring (bicyclic) bond motifs is 1. The fourth-order valence-corrected chi connectivity index (χ4v) is 1.89. The highest BCUT2D eigenvalue weighted by molar-refractivity contribution is 5.83. The molecule has 0 aliphatic heterocycles. The van der Waals surface area contributed by atoms with Gasteiger partial charge in [-0.2, -0.15) is 0 Å². The molecule has 0 amide bonds. The van der Waals surface area contributed by atoms with Crippen LogP contribution in [0.15, 0.2) is 36.9 Å². The summed E-state index contributed by atoms with van der Waals surface area (Å²) in [6, 6.07) is 8.04. The topological polar surface area (TPSA) is 69.6 Å². The number of hydrogen-bond acceptors (Lipinski definition) is 4. The molecule has 5 heteroatoms. The minimum atomic E-state index is 0.441. The molecule has 0 atom stereocenters. The maximum absolute atomic E-state index is 5.88. The summed E-state index contributed by atoms with van der Waals surface area (Å²) in [5.74, 6) is 0.441. The van der Waals surface area contributed by atoms with Crippen LogP contribution in [0.1, 0.15) is 5.56 Å². The van der Waals surface area contributed by atoms with Crippen molar-refractivity contribution in [3.05, 3.63) is 42.5 Å². The van der Waals surface area contributed by atoms with Crippen LogP contribution in [0.5, 0.6) is 0 Å². The molecule has 0 saturated heterocycles. The Kier molecular flexibility index (Phi) is 2.04. The van der Waals surface area contributed by atoms with Crippen LogP contribution in [-0.4, -0.2) is 19.5 Å². The molecule has 0 aliphatic carbocycles. The average molecular weight is 225 g/mol. The van der Waals surface area contributed by atoms with E-state index in [1.807, 2.05) is 35.8 Å². The number of nitrogen functional groups attached to an aromatic ring is 1. The minimum absolute atomic E-state index is 0.441. The van der Waals surface area contributed by atoms with Crippen LogP contribution in [0, 0.1) is 6.92 Å². The Bertz CT molecular complexity index is 686. The fraction of sp³-hybridized carbons (Fsp3) is 0.0833. The fourth-order valence-electron chi connectivity index (χ4n) is 1.89. The number of nitrogens with two attached hydrogens (primary N) is 1. The van der Waals surface area contributed by atoms with Crippen LogP contribution in [0.3, 0.4) is 0 Å². The van der Waals surface area contributed by atoms with Crippen molar-refractivity contribution in [1.29, 1.82) is 0 Å². The van der Waals surface area contributed by atoms with Crippen molar-refractivity contribution in [3.63, 3.8) is 0 Å². The maximum atomic E-state index is 5.88. The van der Waals surface area contributed by atoms with Gasteiger partial charge in [0, 0.05) is 0 Å². The van der Waals surface area contributed by atoms with Crippen LogP contribution in [-0.2, 0) is 0 Å². The molecule has 0 spiro atoms. The predicted octanol–water partition coefficient (Wildman–Crippen LogP) is 1.71. The zero-order chi connectivity index (χ0) is 11.8. The summed E-state index contributed by atoms with van der Waals surface area (Å²) in [6.07, 6.45) is 3.14. The molecule has 5 nitrogen and oxygen atoms in total. The van der Waals surface area contributed by atoms with E-state index in [2.05, 4.69) is 15.0 Å². The van der Waals surface area contributed by atoms with Crippen LogP contribution in [0.4, 0.5) is 5.82 Å². The van der Waals surface area contributed by atoms with Gasteiger partial charge in [0.25, 0.3) is 0 Å². The Morgan fingerprint density at radius 1 is 1.12 bits per heavy atom. The number of aryl methyl sites for hydroxylation is 1. The molecule has 1 aromatic carbocycles.